The lowest BCUT2D eigenvalue weighted by Crippen LogP contribution is -2.50. The van der Waals surface area contributed by atoms with Crippen molar-refractivity contribution in [3.63, 3.8) is 0 Å². The van der Waals surface area contributed by atoms with E-state index in [-0.39, 0.29) is 6.10 Å². The van der Waals surface area contributed by atoms with Gasteiger partial charge in [0.2, 0.25) is 0 Å². The Bertz CT molecular complexity index is 831. The van der Waals surface area contributed by atoms with Crippen LogP contribution in [0.25, 0.3) is 10.9 Å². The maximum Gasteiger partial charge on any atom is 0.137 e. The highest BCUT2D eigenvalue weighted by Gasteiger charge is 2.30. The number of nitriles is 1. The number of aromatic nitrogens is 2. The first-order valence-electron chi connectivity index (χ1n) is 9.60. The van der Waals surface area contributed by atoms with Crippen molar-refractivity contribution in [3.8, 4) is 6.07 Å². The topological polar surface area (TPSA) is 74.1 Å². The molecule has 4 rings (SSSR count). The molecular formula is C20H24FN5O. The van der Waals surface area contributed by atoms with Crippen LogP contribution in [0.5, 0.6) is 0 Å². The van der Waals surface area contributed by atoms with E-state index in [0.29, 0.717) is 30.8 Å². The van der Waals surface area contributed by atoms with Crippen LogP contribution in [0.3, 0.4) is 0 Å². The van der Waals surface area contributed by atoms with Gasteiger partial charge >= 0.3 is 0 Å². The molecule has 142 valence electrons. The standard InChI is InChI=1S/C20H24FN5O/c21-10-17-12-26(7-8-27-17)16-4-2-15(3-5-16)25-20-18-9-14(11-22)1-6-19(18)23-13-24-20/h1,6,9,13,15-17H,2-5,7-8,10,12H2,(H,23,24,25). The molecule has 7 heteroatoms. The number of fused-ring (bicyclic) bond motifs is 1. The van der Waals surface area contributed by atoms with Gasteiger partial charge in [-0.15, -0.1) is 0 Å². The van der Waals surface area contributed by atoms with Gasteiger partial charge in [-0.1, -0.05) is 0 Å². The van der Waals surface area contributed by atoms with E-state index in [9.17, 15) is 4.39 Å². The number of nitrogens with one attached hydrogen (secondary N) is 1. The van der Waals surface area contributed by atoms with Gasteiger partial charge in [-0.05, 0) is 43.9 Å². The summed E-state index contributed by atoms with van der Waals surface area (Å²) < 4.78 is 18.4. The molecule has 2 fully saturated rings. The molecule has 6 nitrogen and oxygen atoms in total. The SMILES string of the molecule is N#Cc1ccc2ncnc(NC3CCC(N4CCOC(CF)C4)CC3)c2c1. The number of benzene rings is 1. The summed E-state index contributed by atoms with van der Waals surface area (Å²) >= 11 is 0. The average Bonchev–Trinajstić information content (AvgIpc) is 2.74. The molecule has 0 radical (unpaired) electrons. The average molecular weight is 369 g/mol. The van der Waals surface area contributed by atoms with E-state index >= 15 is 0 Å². The summed E-state index contributed by atoms with van der Waals surface area (Å²) in [6, 6.07) is 8.51. The fourth-order valence-electron chi connectivity index (χ4n) is 4.19. The molecule has 1 aromatic carbocycles. The van der Waals surface area contributed by atoms with Gasteiger partial charge in [0, 0.05) is 30.6 Å². The summed E-state index contributed by atoms with van der Waals surface area (Å²) in [6.07, 6.45) is 5.56. The molecule has 0 bridgehead atoms. The van der Waals surface area contributed by atoms with E-state index in [1.807, 2.05) is 12.1 Å². The molecule has 0 spiro atoms. The number of hydrogen-bond donors (Lipinski definition) is 1. The Hall–Kier alpha value is -2.30. The highest BCUT2D eigenvalue weighted by atomic mass is 19.1. The molecule has 0 amide bonds. The Balaban J connectivity index is 1.40. The zero-order valence-electron chi connectivity index (χ0n) is 15.3. The third kappa shape index (κ3) is 4.02. The Kier molecular flexibility index (Phi) is 5.46. The smallest absolute Gasteiger partial charge is 0.137 e. The summed E-state index contributed by atoms with van der Waals surface area (Å²) in [5.74, 6) is 0.796. The lowest BCUT2D eigenvalue weighted by molar-refractivity contribution is -0.0568. The van der Waals surface area contributed by atoms with E-state index in [1.54, 1.807) is 12.4 Å². The maximum absolute atomic E-state index is 12.9. The molecule has 2 aliphatic rings. The second-order valence-corrected chi connectivity index (χ2v) is 7.36. The second kappa shape index (κ2) is 8.15. The first-order valence-corrected chi connectivity index (χ1v) is 9.60. The van der Waals surface area contributed by atoms with Crippen molar-refractivity contribution in [2.24, 2.45) is 0 Å². The van der Waals surface area contributed by atoms with Crippen LogP contribution in [0, 0.1) is 11.3 Å². The van der Waals surface area contributed by atoms with Gasteiger partial charge in [-0.25, -0.2) is 14.4 Å². The van der Waals surface area contributed by atoms with Crippen LogP contribution in [-0.4, -0.2) is 59.4 Å². The minimum Gasteiger partial charge on any atom is -0.373 e. The number of nitrogens with zero attached hydrogens (tertiary/aromatic N) is 4. The van der Waals surface area contributed by atoms with Crippen LogP contribution in [0.1, 0.15) is 31.2 Å². The monoisotopic (exact) mass is 369 g/mol. The van der Waals surface area contributed by atoms with E-state index in [1.165, 1.54) is 0 Å². The maximum atomic E-state index is 12.9. The van der Waals surface area contributed by atoms with Gasteiger partial charge in [0.1, 0.15) is 18.8 Å². The lowest BCUT2D eigenvalue weighted by atomic mass is 9.89. The predicted molar refractivity (Wildman–Crippen MR) is 101 cm³/mol. The van der Waals surface area contributed by atoms with Gasteiger partial charge < -0.3 is 10.1 Å². The second-order valence-electron chi connectivity index (χ2n) is 7.36. The van der Waals surface area contributed by atoms with E-state index in [0.717, 1.165) is 48.9 Å². The largest absolute Gasteiger partial charge is 0.373 e. The van der Waals surface area contributed by atoms with Gasteiger partial charge in [-0.3, -0.25) is 4.90 Å². The Labute approximate surface area is 158 Å². The third-order valence-corrected chi connectivity index (χ3v) is 5.66. The molecule has 1 atom stereocenters. The normalized spacial score (nSPS) is 26.6. The minimum atomic E-state index is -0.404. The molecule has 1 aliphatic heterocycles. The van der Waals surface area contributed by atoms with Crippen LogP contribution in [0.4, 0.5) is 10.2 Å². The molecule has 1 aromatic heterocycles. The quantitative estimate of drug-likeness (QED) is 0.893. The van der Waals surface area contributed by atoms with Gasteiger partial charge in [0.05, 0.1) is 29.9 Å². The highest BCUT2D eigenvalue weighted by molar-refractivity contribution is 5.89. The van der Waals surface area contributed by atoms with Gasteiger partial charge in [0.15, 0.2) is 0 Å². The van der Waals surface area contributed by atoms with Crippen LogP contribution in [-0.2, 0) is 4.74 Å². The van der Waals surface area contributed by atoms with Crippen molar-refractivity contribution in [1.82, 2.24) is 14.9 Å². The Morgan fingerprint density at radius 1 is 1.26 bits per heavy atom. The van der Waals surface area contributed by atoms with Crippen molar-refractivity contribution in [2.45, 2.75) is 43.9 Å². The fourth-order valence-corrected chi connectivity index (χ4v) is 4.19. The van der Waals surface area contributed by atoms with Crippen LogP contribution < -0.4 is 5.32 Å². The van der Waals surface area contributed by atoms with Crippen molar-refractivity contribution in [1.29, 1.82) is 5.26 Å². The number of alkyl halides is 1. The number of halogens is 1. The number of hydrogen-bond acceptors (Lipinski definition) is 6. The fraction of sp³-hybridized carbons (Fsp3) is 0.550. The first kappa shape index (κ1) is 18.1. The molecule has 27 heavy (non-hydrogen) atoms. The zero-order chi connectivity index (χ0) is 18.6. The summed E-state index contributed by atoms with van der Waals surface area (Å²) in [4.78, 5) is 11.1. The minimum absolute atomic E-state index is 0.267. The summed E-state index contributed by atoms with van der Waals surface area (Å²) in [5.41, 5.74) is 1.45. The molecule has 1 aliphatic carbocycles. The molecule has 2 aromatic rings. The first-order chi connectivity index (χ1) is 13.3. The summed E-state index contributed by atoms with van der Waals surface area (Å²) in [5, 5.41) is 13.6. The molecule has 1 saturated carbocycles. The predicted octanol–water partition coefficient (Wildman–Crippen LogP) is 2.89. The number of rotatable bonds is 4. The highest BCUT2D eigenvalue weighted by Crippen LogP contribution is 2.28. The number of morpholine rings is 1. The lowest BCUT2D eigenvalue weighted by Gasteiger charge is -2.41. The number of anilines is 1. The zero-order valence-corrected chi connectivity index (χ0v) is 15.3. The van der Waals surface area contributed by atoms with E-state index < -0.39 is 6.67 Å². The van der Waals surface area contributed by atoms with Crippen molar-refractivity contribution >= 4 is 16.7 Å². The van der Waals surface area contributed by atoms with Crippen LogP contribution in [0.15, 0.2) is 24.5 Å². The Morgan fingerprint density at radius 3 is 2.89 bits per heavy atom. The summed E-state index contributed by atoms with van der Waals surface area (Å²) in [6.45, 7) is 1.82. The van der Waals surface area contributed by atoms with Crippen LogP contribution in [0.2, 0.25) is 0 Å². The van der Waals surface area contributed by atoms with E-state index in [4.69, 9.17) is 10.00 Å². The van der Waals surface area contributed by atoms with E-state index in [2.05, 4.69) is 26.3 Å². The van der Waals surface area contributed by atoms with Crippen molar-refractivity contribution in [3.05, 3.63) is 30.1 Å². The van der Waals surface area contributed by atoms with Gasteiger partial charge in [0.25, 0.3) is 0 Å². The van der Waals surface area contributed by atoms with Crippen molar-refractivity contribution < 1.29 is 9.13 Å². The summed E-state index contributed by atoms with van der Waals surface area (Å²) in [7, 11) is 0. The van der Waals surface area contributed by atoms with Crippen molar-refractivity contribution in [2.75, 3.05) is 31.7 Å². The Morgan fingerprint density at radius 2 is 2.11 bits per heavy atom. The van der Waals surface area contributed by atoms with Gasteiger partial charge in [-0.2, -0.15) is 5.26 Å². The van der Waals surface area contributed by atoms with Crippen LogP contribution >= 0.6 is 0 Å². The molecule has 1 saturated heterocycles. The molecule has 2 heterocycles. The molecular weight excluding hydrogens is 345 g/mol. The molecule has 1 N–H and O–H groups in total. The number of ether oxygens (including phenoxy) is 1. The third-order valence-electron chi connectivity index (χ3n) is 5.66. The molecule has 1 unspecified atom stereocenters.